The molecule has 0 radical (unpaired) electrons. The first-order chi connectivity index (χ1) is 14.7. The summed E-state index contributed by atoms with van der Waals surface area (Å²) in [6, 6.07) is 5.02. The maximum absolute atomic E-state index is 12.8. The number of aryl methyl sites for hydroxylation is 2. The highest BCUT2D eigenvalue weighted by atomic mass is 35.5. The lowest BCUT2D eigenvalue weighted by Crippen LogP contribution is -2.43. The van der Waals surface area contributed by atoms with Crippen LogP contribution in [0.3, 0.4) is 0 Å². The van der Waals surface area contributed by atoms with E-state index < -0.39 is 10.0 Å². The van der Waals surface area contributed by atoms with Gasteiger partial charge in [0, 0.05) is 43.8 Å². The lowest BCUT2D eigenvalue weighted by atomic mass is 9.97. The Kier molecular flexibility index (Phi) is 7.85. The smallest absolute Gasteiger partial charge is 0.262 e. The zero-order chi connectivity index (χ0) is 22.6. The maximum Gasteiger partial charge on any atom is 0.262 e. The summed E-state index contributed by atoms with van der Waals surface area (Å²) >= 11 is 11.9. The molecule has 1 aliphatic rings. The summed E-state index contributed by atoms with van der Waals surface area (Å²) in [5.74, 6) is 0.919. The van der Waals surface area contributed by atoms with E-state index in [1.165, 1.54) is 10.5 Å². The van der Waals surface area contributed by atoms with E-state index >= 15 is 0 Å². The van der Waals surface area contributed by atoms with Gasteiger partial charge in [-0.05, 0) is 44.4 Å². The topological polar surface area (TPSA) is 93.5 Å². The molecule has 0 saturated carbocycles. The van der Waals surface area contributed by atoms with Crippen molar-refractivity contribution in [3.63, 3.8) is 0 Å². The van der Waals surface area contributed by atoms with Gasteiger partial charge in [0.1, 0.15) is 11.6 Å². The van der Waals surface area contributed by atoms with E-state index in [0.717, 1.165) is 0 Å². The zero-order valence-electron chi connectivity index (χ0n) is 17.5. The number of ether oxygens (including phenoxy) is 1. The number of rotatable bonds is 8. The van der Waals surface area contributed by atoms with E-state index in [-0.39, 0.29) is 16.9 Å². The molecular formula is C20H26Cl2N4O4S. The van der Waals surface area contributed by atoms with E-state index in [1.54, 1.807) is 36.7 Å². The third-order valence-electron chi connectivity index (χ3n) is 5.29. The van der Waals surface area contributed by atoms with Crippen molar-refractivity contribution in [1.29, 1.82) is 0 Å². The molecule has 1 N–H and O–H groups in total. The molecule has 11 heteroatoms. The number of benzene rings is 1. The van der Waals surface area contributed by atoms with Gasteiger partial charge in [0.15, 0.2) is 5.03 Å². The van der Waals surface area contributed by atoms with Crippen LogP contribution in [-0.4, -0.2) is 54.4 Å². The predicted octanol–water partition coefficient (Wildman–Crippen LogP) is 3.02. The third kappa shape index (κ3) is 5.91. The molecule has 1 aliphatic heterocycles. The van der Waals surface area contributed by atoms with E-state index in [0.29, 0.717) is 67.1 Å². The minimum Gasteiger partial charge on any atom is -0.492 e. The van der Waals surface area contributed by atoms with Gasteiger partial charge in [0.25, 0.3) is 10.0 Å². The van der Waals surface area contributed by atoms with Crippen LogP contribution in [0, 0.1) is 12.8 Å². The number of nitrogens with one attached hydrogen (secondary N) is 1. The van der Waals surface area contributed by atoms with Crippen molar-refractivity contribution in [1.82, 2.24) is 19.2 Å². The number of hydrogen-bond acceptors (Lipinski definition) is 5. The SMILES string of the molecule is Cc1nc(S(=O)(=O)N2CCC(C(=O)NCCCOc3ccc(Cl)cc3Cl)CC2)cn1C. The highest BCUT2D eigenvalue weighted by Crippen LogP contribution is 2.27. The van der Waals surface area contributed by atoms with Crippen LogP contribution in [0.15, 0.2) is 29.4 Å². The van der Waals surface area contributed by atoms with Crippen LogP contribution in [0.2, 0.25) is 10.0 Å². The molecule has 0 aliphatic carbocycles. The quantitative estimate of drug-likeness (QED) is 0.576. The van der Waals surface area contributed by atoms with Gasteiger partial charge in [-0.15, -0.1) is 0 Å². The Morgan fingerprint density at radius 2 is 2.00 bits per heavy atom. The van der Waals surface area contributed by atoms with E-state index in [4.69, 9.17) is 27.9 Å². The normalized spacial score (nSPS) is 15.7. The van der Waals surface area contributed by atoms with Gasteiger partial charge in [-0.2, -0.15) is 4.31 Å². The first-order valence-electron chi connectivity index (χ1n) is 10.0. The van der Waals surface area contributed by atoms with Crippen molar-refractivity contribution in [3.8, 4) is 5.75 Å². The molecule has 1 aromatic heterocycles. The summed E-state index contributed by atoms with van der Waals surface area (Å²) in [6.07, 6.45) is 3.10. The maximum atomic E-state index is 12.8. The molecule has 0 spiro atoms. The molecular weight excluding hydrogens is 463 g/mol. The number of carbonyl (C=O) groups is 1. The first kappa shape index (κ1) is 23.8. The second-order valence-electron chi connectivity index (χ2n) is 7.48. The summed E-state index contributed by atoms with van der Waals surface area (Å²) in [4.78, 5) is 16.6. The number of aromatic nitrogens is 2. The van der Waals surface area contributed by atoms with Crippen molar-refractivity contribution < 1.29 is 17.9 Å². The minimum atomic E-state index is -3.64. The Hall–Kier alpha value is -1.81. The van der Waals surface area contributed by atoms with Gasteiger partial charge in [-0.3, -0.25) is 4.79 Å². The van der Waals surface area contributed by atoms with Gasteiger partial charge < -0.3 is 14.6 Å². The van der Waals surface area contributed by atoms with Crippen LogP contribution in [0.25, 0.3) is 0 Å². The van der Waals surface area contributed by atoms with Crippen molar-refractivity contribution in [2.45, 2.75) is 31.2 Å². The molecule has 0 bridgehead atoms. The molecule has 1 amide bonds. The number of piperidine rings is 1. The molecule has 170 valence electrons. The zero-order valence-corrected chi connectivity index (χ0v) is 19.8. The summed E-state index contributed by atoms with van der Waals surface area (Å²) < 4.78 is 34.2. The van der Waals surface area contributed by atoms with Crippen molar-refractivity contribution in [3.05, 3.63) is 40.3 Å². The number of carbonyl (C=O) groups excluding carboxylic acids is 1. The number of imidazole rings is 1. The van der Waals surface area contributed by atoms with Crippen LogP contribution in [0.4, 0.5) is 0 Å². The first-order valence-corrected chi connectivity index (χ1v) is 12.2. The molecule has 2 heterocycles. The van der Waals surface area contributed by atoms with Crippen molar-refractivity contribution >= 4 is 39.1 Å². The standard InChI is InChI=1S/C20H26Cl2N4O4S/c1-14-24-19(13-25(14)2)31(28,29)26-9-6-15(7-10-26)20(27)23-8-3-11-30-18-5-4-16(21)12-17(18)22/h4-5,12-13,15H,3,6-11H2,1-2H3,(H,23,27). The van der Waals surface area contributed by atoms with Crippen LogP contribution >= 0.6 is 23.2 Å². The Balaban J connectivity index is 1.40. The second kappa shape index (κ2) is 10.2. The van der Waals surface area contributed by atoms with Gasteiger partial charge >= 0.3 is 0 Å². The fourth-order valence-corrected chi connectivity index (χ4v) is 5.30. The summed E-state index contributed by atoms with van der Waals surface area (Å²) in [5.41, 5.74) is 0. The Bertz CT molecular complexity index is 1010. The van der Waals surface area contributed by atoms with Gasteiger partial charge in [0.2, 0.25) is 5.91 Å². The number of halogens is 2. The van der Waals surface area contributed by atoms with E-state index in [1.807, 2.05) is 0 Å². The average molecular weight is 489 g/mol. The Morgan fingerprint density at radius 3 is 2.61 bits per heavy atom. The monoisotopic (exact) mass is 488 g/mol. The van der Waals surface area contributed by atoms with Gasteiger partial charge in [0.05, 0.1) is 11.6 Å². The largest absolute Gasteiger partial charge is 0.492 e. The fourth-order valence-electron chi connectivity index (χ4n) is 3.34. The number of amides is 1. The summed E-state index contributed by atoms with van der Waals surface area (Å²) in [5, 5.41) is 3.94. The summed E-state index contributed by atoms with van der Waals surface area (Å²) in [7, 11) is -1.88. The van der Waals surface area contributed by atoms with Crippen LogP contribution in [0.1, 0.15) is 25.1 Å². The lowest BCUT2D eigenvalue weighted by molar-refractivity contribution is -0.126. The second-order valence-corrected chi connectivity index (χ2v) is 10.2. The molecule has 2 aromatic rings. The molecule has 1 aromatic carbocycles. The van der Waals surface area contributed by atoms with Gasteiger partial charge in [-0.1, -0.05) is 23.2 Å². The third-order valence-corrected chi connectivity index (χ3v) is 7.59. The molecule has 3 rings (SSSR count). The molecule has 1 saturated heterocycles. The number of hydrogen-bond donors (Lipinski definition) is 1. The van der Waals surface area contributed by atoms with E-state index in [2.05, 4.69) is 10.3 Å². The highest BCUT2D eigenvalue weighted by Gasteiger charge is 2.33. The number of sulfonamides is 1. The minimum absolute atomic E-state index is 0.0520. The van der Waals surface area contributed by atoms with Crippen LogP contribution in [-0.2, 0) is 21.9 Å². The lowest BCUT2D eigenvalue weighted by Gasteiger charge is -2.29. The molecule has 0 atom stereocenters. The van der Waals surface area contributed by atoms with Crippen LogP contribution < -0.4 is 10.1 Å². The molecule has 0 unspecified atom stereocenters. The van der Waals surface area contributed by atoms with Crippen LogP contribution in [0.5, 0.6) is 5.75 Å². The van der Waals surface area contributed by atoms with E-state index in [9.17, 15) is 13.2 Å². The Labute approximate surface area is 192 Å². The molecule has 1 fully saturated rings. The average Bonchev–Trinajstić information content (AvgIpc) is 3.08. The molecule has 8 nitrogen and oxygen atoms in total. The van der Waals surface area contributed by atoms with Crippen molar-refractivity contribution in [2.24, 2.45) is 13.0 Å². The van der Waals surface area contributed by atoms with Gasteiger partial charge in [-0.25, -0.2) is 13.4 Å². The predicted molar refractivity (Wildman–Crippen MR) is 119 cm³/mol. The molecule has 31 heavy (non-hydrogen) atoms. The fraction of sp³-hybridized carbons (Fsp3) is 0.500. The number of nitrogens with zero attached hydrogens (tertiary/aromatic N) is 3. The van der Waals surface area contributed by atoms with Crippen molar-refractivity contribution in [2.75, 3.05) is 26.2 Å². The Morgan fingerprint density at radius 1 is 1.29 bits per heavy atom. The summed E-state index contributed by atoms with van der Waals surface area (Å²) in [6.45, 7) is 3.23. The highest BCUT2D eigenvalue weighted by molar-refractivity contribution is 7.89.